The van der Waals surface area contributed by atoms with Crippen molar-refractivity contribution in [2.45, 2.75) is 13.3 Å². The zero-order valence-corrected chi connectivity index (χ0v) is 11.0. The van der Waals surface area contributed by atoms with E-state index in [-0.39, 0.29) is 16.6 Å². The molecule has 6 heteroatoms. The van der Waals surface area contributed by atoms with Crippen molar-refractivity contribution in [3.63, 3.8) is 0 Å². The van der Waals surface area contributed by atoms with Crippen LogP contribution in [0, 0.1) is 11.7 Å². The lowest BCUT2D eigenvalue weighted by Crippen LogP contribution is -2.32. The molecule has 0 radical (unpaired) electrons. The van der Waals surface area contributed by atoms with Gasteiger partial charge in [-0.15, -0.1) is 0 Å². The number of nitrogens with two attached hydrogens (primary N) is 1. The maximum atomic E-state index is 13.0. The Balaban J connectivity index is 2.90. The predicted molar refractivity (Wildman–Crippen MR) is 72.1 cm³/mol. The minimum atomic E-state index is -0.547. The normalized spacial score (nSPS) is 11.7. The molecule has 1 aromatic rings. The van der Waals surface area contributed by atoms with E-state index in [9.17, 15) is 9.18 Å². The van der Waals surface area contributed by atoms with Crippen LogP contribution in [0.3, 0.4) is 0 Å². The van der Waals surface area contributed by atoms with E-state index in [4.69, 9.17) is 22.7 Å². The summed E-state index contributed by atoms with van der Waals surface area (Å²) < 4.78 is 18.0. The second kappa shape index (κ2) is 6.30. The van der Waals surface area contributed by atoms with Gasteiger partial charge in [0.1, 0.15) is 11.6 Å². The van der Waals surface area contributed by atoms with Crippen molar-refractivity contribution in [3.05, 3.63) is 24.0 Å². The highest BCUT2D eigenvalue weighted by Crippen LogP contribution is 2.25. The Morgan fingerprint density at radius 2 is 2.28 bits per heavy atom. The monoisotopic (exact) mass is 270 g/mol. The van der Waals surface area contributed by atoms with E-state index < -0.39 is 11.7 Å². The molecule has 3 N–H and O–H groups in total. The van der Waals surface area contributed by atoms with Gasteiger partial charge in [0.05, 0.1) is 23.7 Å². The molecular weight excluding hydrogens is 255 g/mol. The summed E-state index contributed by atoms with van der Waals surface area (Å²) in [5, 5.41) is 2.62. The van der Waals surface area contributed by atoms with Gasteiger partial charge < -0.3 is 15.8 Å². The van der Waals surface area contributed by atoms with Crippen molar-refractivity contribution in [1.82, 2.24) is 0 Å². The third kappa shape index (κ3) is 3.40. The lowest BCUT2D eigenvalue weighted by molar-refractivity contribution is -0.118. The molecule has 1 unspecified atom stereocenters. The first-order chi connectivity index (χ1) is 8.49. The minimum absolute atomic E-state index is 0.135. The highest BCUT2D eigenvalue weighted by atomic mass is 32.1. The molecule has 4 nitrogen and oxygen atoms in total. The fraction of sp³-hybridized carbons (Fsp3) is 0.333. The molecule has 0 saturated heterocycles. The van der Waals surface area contributed by atoms with Gasteiger partial charge in [0.15, 0.2) is 0 Å². The van der Waals surface area contributed by atoms with E-state index >= 15 is 0 Å². The lowest BCUT2D eigenvalue weighted by Gasteiger charge is -2.15. The molecule has 1 amide bonds. The molecule has 0 bridgehead atoms. The van der Waals surface area contributed by atoms with E-state index in [1.165, 1.54) is 25.3 Å². The first kappa shape index (κ1) is 14.4. The summed E-state index contributed by atoms with van der Waals surface area (Å²) in [7, 11) is 1.40. The van der Waals surface area contributed by atoms with Crippen LogP contribution in [0.5, 0.6) is 5.75 Å². The second-order valence-electron chi connectivity index (χ2n) is 3.70. The first-order valence-electron chi connectivity index (χ1n) is 5.43. The van der Waals surface area contributed by atoms with Crippen LogP contribution in [-0.2, 0) is 4.79 Å². The molecule has 0 fully saturated rings. The zero-order valence-electron chi connectivity index (χ0n) is 10.2. The number of carbonyl (C=O) groups excluding carboxylic acids is 1. The van der Waals surface area contributed by atoms with E-state index in [1.807, 2.05) is 6.92 Å². The summed E-state index contributed by atoms with van der Waals surface area (Å²) in [4.78, 5) is 12.0. The van der Waals surface area contributed by atoms with Gasteiger partial charge in [0, 0.05) is 6.07 Å². The molecule has 1 rings (SSSR count). The van der Waals surface area contributed by atoms with Crippen molar-refractivity contribution < 1.29 is 13.9 Å². The van der Waals surface area contributed by atoms with Crippen molar-refractivity contribution in [1.29, 1.82) is 0 Å². The Morgan fingerprint density at radius 3 is 2.78 bits per heavy atom. The Labute approximate surface area is 110 Å². The minimum Gasteiger partial charge on any atom is -0.494 e. The number of thiocarbonyl (C=S) groups is 1. The van der Waals surface area contributed by atoms with Gasteiger partial charge in [0.2, 0.25) is 5.91 Å². The SMILES string of the molecule is CCC(C(=O)Nc1ccc(F)cc1OC)C(N)=S. The largest absolute Gasteiger partial charge is 0.494 e. The number of benzene rings is 1. The fourth-order valence-electron chi connectivity index (χ4n) is 1.50. The van der Waals surface area contributed by atoms with Crippen LogP contribution in [-0.4, -0.2) is 18.0 Å². The van der Waals surface area contributed by atoms with E-state index in [1.54, 1.807) is 0 Å². The van der Waals surface area contributed by atoms with Crippen LogP contribution < -0.4 is 15.8 Å². The number of hydrogen-bond acceptors (Lipinski definition) is 3. The Kier molecular flexibility index (Phi) is 5.03. The summed E-state index contributed by atoms with van der Waals surface area (Å²) in [5.74, 6) is -1.06. The number of methoxy groups -OCH3 is 1. The van der Waals surface area contributed by atoms with Crippen LogP contribution in [0.4, 0.5) is 10.1 Å². The predicted octanol–water partition coefficient (Wildman–Crippen LogP) is 2.09. The molecular formula is C12H15FN2O2S. The lowest BCUT2D eigenvalue weighted by atomic mass is 10.1. The molecule has 98 valence electrons. The van der Waals surface area contributed by atoms with Crippen LogP contribution in [0.15, 0.2) is 18.2 Å². The Hall–Kier alpha value is -1.69. The topological polar surface area (TPSA) is 64.3 Å². The van der Waals surface area contributed by atoms with Gasteiger partial charge in [0.25, 0.3) is 0 Å². The number of halogens is 1. The number of carbonyl (C=O) groups is 1. The molecule has 1 aromatic carbocycles. The maximum absolute atomic E-state index is 13.0. The molecule has 18 heavy (non-hydrogen) atoms. The molecule has 1 atom stereocenters. The van der Waals surface area contributed by atoms with Crippen molar-refractivity contribution in [2.24, 2.45) is 11.7 Å². The van der Waals surface area contributed by atoms with E-state index in [0.717, 1.165) is 0 Å². The van der Waals surface area contributed by atoms with Gasteiger partial charge in [-0.1, -0.05) is 19.1 Å². The molecule has 0 aliphatic rings. The number of rotatable bonds is 5. The molecule has 0 aliphatic heterocycles. The third-order valence-electron chi connectivity index (χ3n) is 2.49. The first-order valence-corrected chi connectivity index (χ1v) is 5.84. The molecule has 0 saturated carbocycles. The number of amides is 1. The quantitative estimate of drug-likeness (QED) is 0.804. The number of nitrogens with one attached hydrogen (secondary N) is 1. The average Bonchev–Trinajstić information content (AvgIpc) is 2.31. The van der Waals surface area contributed by atoms with Gasteiger partial charge >= 0.3 is 0 Å². The summed E-state index contributed by atoms with van der Waals surface area (Å²) in [5.41, 5.74) is 5.86. The molecule has 0 aliphatic carbocycles. The van der Waals surface area contributed by atoms with Gasteiger partial charge in [-0.05, 0) is 18.6 Å². The van der Waals surface area contributed by atoms with Gasteiger partial charge in [-0.2, -0.15) is 0 Å². The third-order valence-corrected chi connectivity index (χ3v) is 2.77. The van der Waals surface area contributed by atoms with E-state index in [2.05, 4.69) is 5.32 Å². The Bertz CT molecular complexity index is 465. The highest BCUT2D eigenvalue weighted by Gasteiger charge is 2.20. The average molecular weight is 270 g/mol. The van der Waals surface area contributed by atoms with Crippen LogP contribution in [0.25, 0.3) is 0 Å². The summed E-state index contributed by atoms with van der Waals surface area (Å²) in [6.45, 7) is 1.81. The summed E-state index contributed by atoms with van der Waals surface area (Å²) in [6.07, 6.45) is 0.505. The Morgan fingerprint density at radius 1 is 1.61 bits per heavy atom. The molecule has 0 aromatic heterocycles. The summed E-state index contributed by atoms with van der Waals surface area (Å²) >= 11 is 4.82. The van der Waals surface area contributed by atoms with Gasteiger partial charge in [-0.25, -0.2) is 4.39 Å². The fourth-order valence-corrected chi connectivity index (χ4v) is 1.78. The zero-order chi connectivity index (χ0) is 13.7. The smallest absolute Gasteiger partial charge is 0.234 e. The van der Waals surface area contributed by atoms with Crippen molar-refractivity contribution in [3.8, 4) is 5.75 Å². The molecule has 0 heterocycles. The van der Waals surface area contributed by atoms with Crippen molar-refractivity contribution >= 4 is 28.8 Å². The maximum Gasteiger partial charge on any atom is 0.234 e. The van der Waals surface area contributed by atoms with Crippen LogP contribution in [0.2, 0.25) is 0 Å². The van der Waals surface area contributed by atoms with E-state index in [0.29, 0.717) is 12.1 Å². The second-order valence-corrected chi connectivity index (χ2v) is 4.17. The standard InChI is InChI=1S/C12H15FN2O2S/c1-3-8(11(14)18)12(16)15-9-5-4-7(13)6-10(9)17-2/h4-6,8H,3H2,1-2H3,(H2,14,18)(H,15,16). The number of anilines is 1. The highest BCUT2D eigenvalue weighted by molar-refractivity contribution is 7.80. The molecule has 0 spiro atoms. The van der Waals surface area contributed by atoms with Crippen LogP contribution >= 0.6 is 12.2 Å². The summed E-state index contributed by atoms with van der Waals surface area (Å²) in [6, 6.07) is 3.86. The van der Waals surface area contributed by atoms with Crippen LogP contribution in [0.1, 0.15) is 13.3 Å². The van der Waals surface area contributed by atoms with Gasteiger partial charge in [-0.3, -0.25) is 4.79 Å². The van der Waals surface area contributed by atoms with Crippen molar-refractivity contribution in [2.75, 3.05) is 12.4 Å². The number of ether oxygens (including phenoxy) is 1. The number of hydrogen-bond donors (Lipinski definition) is 2.